The molecule has 2 heterocycles. The molecule has 140 valence electrons. The van der Waals surface area contributed by atoms with Crippen LogP contribution in [0.5, 0.6) is 5.75 Å². The molecule has 0 N–H and O–H groups in total. The molecular formula is C21H26INO3. The average Bonchev–Trinajstić information content (AvgIpc) is 3.39. The van der Waals surface area contributed by atoms with Gasteiger partial charge in [0.25, 0.3) is 0 Å². The van der Waals surface area contributed by atoms with Gasteiger partial charge in [-0.1, -0.05) is 18.9 Å². The molecule has 2 aliphatic heterocycles. The molecule has 4 nitrogen and oxygen atoms in total. The van der Waals surface area contributed by atoms with Crippen molar-refractivity contribution in [3.63, 3.8) is 0 Å². The lowest BCUT2D eigenvalue weighted by Crippen LogP contribution is -2.71. The molecule has 2 saturated heterocycles. The molecule has 1 spiro atoms. The maximum atomic E-state index is 5.94. The second kappa shape index (κ2) is 5.58. The van der Waals surface area contributed by atoms with Crippen LogP contribution >= 0.6 is 23.0 Å². The second-order valence-corrected chi connectivity index (χ2v) is 9.36. The fourth-order valence-corrected chi connectivity index (χ4v) is 7.61. The summed E-state index contributed by atoms with van der Waals surface area (Å²) >= 11 is 2.01. The number of epoxide rings is 1. The number of rotatable bonds is 4. The molecule has 0 amide bonds. The van der Waals surface area contributed by atoms with Gasteiger partial charge in [0, 0.05) is 24.1 Å². The third kappa shape index (κ3) is 1.91. The highest BCUT2D eigenvalue weighted by atomic mass is 127. The highest BCUT2D eigenvalue weighted by molar-refractivity contribution is 14.1. The van der Waals surface area contributed by atoms with Crippen molar-refractivity contribution in [1.82, 2.24) is 4.90 Å². The lowest BCUT2D eigenvalue weighted by Gasteiger charge is -2.61. The summed E-state index contributed by atoms with van der Waals surface area (Å²) < 4.78 is 17.3. The zero-order valence-corrected chi connectivity index (χ0v) is 17.4. The van der Waals surface area contributed by atoms with Crippen LogP contribution < -0.4 is 3.07 Å². The van der Waals surface area contributed by atoms with Crippen molar-refractivity contribution in [2.45, 2.75) is 68.9 Å². The first kappa shape index (κ1) is 16.6. The lowest BCUT2D eigenvalue weighted by atomic mass is 9.54. The Morgan fingerprint density at radius 2 is 2.27 bits per heavy atom. The van der Waals surface area contributed by atoms with Gasteiger partial charge < -0.3 is 12.5 Å². The number of nitrogens with zero attached hydrogens (tertiary/aromatic N) is 1. The number of hydrogen-bond acceptors (Lipinski definition) is 4. The van der Waals surface area contributed by atoms with Crippen molar-refractivity contribution in [3.05, 3.63) is 29.3 Å². The first-order valence-corrected chi connectivity index (χ1v) is 11.1. The van der Waals surface area contributed by atoms with Crippen LogP contribution in [0.25, 0.3) is 0 Å². The lowest BCUT2D eigenvalue weighted by molar-refractivity contribution is -0.126. The molecule has 0 aromatic heterocycles. The van der Waals surface area contributed by atoms with E-state index in [2.05, 4.69) is 30.0 Å². The molecule has 1 aromatic rings. The number of halogens is 1. The zero-order chi connectivity index (χ0) is 17.5. The molecule has 2 saturated carbocycles. The van der Waals surface area contributed by atoms with E-state index in [-0.39, 0.29) is 12.5 Å². The highest BCUT2D eigenvalue weighted by Crippen LogP contribution is 2.71. The number of benzene rings is 1. The third-order valence-corrected chi connectivity index (χ3v) is 8.66. The van der Waals surface area contributed by atoms with Gasteiger partial charge in [-0.3, -0.25) is 4.90 Å². The Balaban J connectivity index is 1.44. The van der Waals surface area contributed by atoms with Gasteiger partial charge in [0.1, 0.15) is 5.75 Å². The minimum absolute atomic E-state index is 0.00473. The summed E-state index contributed by atoms with van der Waals surface area (Å²) in [5.74, 6) is 2.59. The Morgan fingerprint density at radius 1 is 1.35 bits per heavy atom. The average molecular weight is 467 g/mol. The van der Waals surface area contributed by atoms with E-state index in [9.17, 15) is 0 Å². The maximum Gasteiger partial charge on any atom is 0.199 e. The van der Waals surface area contributed by atoms with Gasteiger partial charge in [0.05, 0.1) is 0 Å². The van der Waals surface area contributed by atoms with Crippen LogP contribution in [0, 0.1) is 11.8 Å². The van der Waals surface area contributed by atoms with Crippen molar-refractivity contribution in [2.24, 2.45) is 11.8 Å². The summed E-state index contributed by atoms with van der Waals surface area (Å²) in [5.41, 5.74) is 3.85. The molecule has 4 fully saturated rings. The predicted octanol–water partition coefficient (Wildman–Crippen LogP) is 4.19. The van der Waals surface area contributed by atoms with Crippen LogP contribution in [-0.2, 0) is 21.3 Å². The monoisotopic (exact) mass is 467 g/mol. The van der Waals surface area contributed by atoms with Gasteiger partial charge in [-0.2, -0.15) is 0 Å². The minimum Gasteiger partial charge on any atom is -0.428 e. The fourth-order valence-electron chi connectivity index (χ4n) is 7.33. The summed E-state index contributed by atoms with van der Waals surface area (Å²) in [6.07, 6.45) is 8.21. The minimum atomic E-state index is 0.00473. The number of likely N-dealkylation sites (tertiary alicyclic amines) is 1. The van der Waals surface area contributed by atoms with Crippen LogP contribution in [0.4, 0.5) is 0 Å². The van der Waals surface area contributed by atoms with Gasteiger partial charge >= 0.3 is 0 Å². The molecule has 5 heteroatoms. The van der Waals surface area contributed by atoms with E-state index in [1.54, 1.807) is 11.1 Å². The first-order chi connectivity index (χ1) is 12.7. The van der Waals surface area contributed by atoms with Crippen LogP contribution in [0.2, 0.25) is 0 Å². The van der Waals surface area contributed by atoms with Gasteiger partial charge in [-0.25, -0.2) is 0 Å². The van der Waals surface area contributed by atoms with E-state index in [0.717, 1.165) is 24.2 Å². The zero-order valence-electron chi connectivity index (χ0n) is 15.2. The van der Waals surface area contributed by atoms with E-state index < -0.39 is 0 Å². The second-order valence-electron chi connectivity index (χ2n) is 8.92. The van der Waals surface area contributed by atoms with Crippen LogP contribution in [0.1, 0.15) is 50.2 Å². The molecule has 6 rings (SSSR count). The Morgan fingerprint density at radius 3 is 3.12 bits per heavy atom. The molecule has 26 heavy (non-hydrogen) atoms. The Bertz CT molecular complexity index is 757. The van der Waals surface area contributed by atoms with Gasteiger partial charge in [-0.05, 0) is 67.7 Å². The fraction of sp³-hybridized carbons (Fsp3) is 0.714. The summed E-state index contributed by atoms with van der Waals surface area (Å²) in [4.78, 5) is 2.70. The standard InChI is InChI=1S/C21H26INO3/c1-2-24-19-18(25-19)23-12-14-11-20-8-4-3-5-17(20)21(14,23)10-13-6-7-15(26-22)9-16(13)20/h6-7,9,14,17-19H,2-5,8,10-12H2,1H3/t14?,17-,18?,19?,20+,21-/m0/s1. The van der Waals surface area contributed by atoms with E-state index in [0.29, 0.717) is 11.0 Å². The summed E-state index contributed by atoms with van der Waals surface area (Å²) in [7, 11) is 0. The number of hydrogen-bond donors (Lipinski definition) is 0. The van der Waals surface area contributed by atoms with Crippen LogP contribution in [0.15, 0.2) is 18.2 Å². The summed E-state index contributed by atoms with van der Waals surface area (Å²) in [5, 5.41) is 0. The largest absolute Gasteiger partial charge is 0.428 e. The third-order valence-electron chi connectivity index (χ3n) is 8.15. The molecule has 0 radical (unpaired) electrons. The highest BCUT2D eigenvalue weighted by Gasteiger charge is 2.75. The molecule has 3 aliphatic carbocycles. The van der Waals surface area contributed by atoms with Gasteiger partial charge in [-0.15, -0.1) is 0 Å². The number of ether oxygens (including phenoxy) is 2. The Hall–Kier alpha value is -0.370. The Labute approximate surface area is 169 Å². The molecule has 6 atom stereocenters. The van der Waals surface area contributed by atoms with E-state index in [1.807, 2.05) is 23.0 Å². The van der Waals surface area contributed by atoms with Gasteiger partial charge in [0.2, 0.25) is 0 Å². The summed E-state index contributed by atoms with van der Waals surface area (Å²) in [6.45, 7) is 3.98. The molecule has 1 aromatic carbocycles. The van der Waals surface area contributed by atoms with Crippen molar-refractivity contribution < 1.29 is 12.5 Å². The summed E-state index contributed by atoms with van der Waals surface area (Å²) in [6, 6.07) is 6.85. The van der Waals surface area contributed by atoms with Gasteiger partial charge in [0.15, 0.2) is 35.5 Å². The van der Waals surface area contributed by atoms with Crippen molar-refractivity contribution >= 4 is 23.0 Å². The Kier molecular flexibility index (Phi) is 3.56. The van der Waals surface area contributed by atoms with Crippen molar-refractivity contribution in [3.8, 4) is 5.75 Å². The SMILES string of the molecule is CCOC1OC1N1CC2C[C@@]34CCCC[C@@H]3[C@]21Cc1ccc(OI)cc14. The quantitative estimate of drug-likeness (QED) is 0.492. The topological polar surface area (TPSA) is 34.2 Å². The first-order valence-electron chi connectivity index (χ1n) is 10.2. The van der Waals surface area contributed by atoms with E-state index in [1.165, 1.54) is 45.1 Å². The predicted molar refractivity (Wildman–Crippen MR) is 106 cm³/mol. The molecule has 3 unspecified atom stereocenters. The van der Waals surface area contributed by atoms with E-state index in [4.69, 9.17) is 12.5 Å². The van der Waals surface area contributed by atoms with Crippen molar-refractivity contribution in [2.75, 3.05) is 13.2 Å². The number of fused-ring (bicyclic) bond motifs is 1. The normalized spacial score (nSPS) is 45.3. The molecule has 5 aliphatic rings. The van der Waals surface area contributed by atoms with Crippen LogP contribution in [-0.4, -0.2) is 36.1 Å². The molecule has 2 bridgehead atoms. The van der Waals surface area contributed by atoms with E-state index >= 15 is 0 Å². The van der Waals surface area contributed by atoms with Crippen LogP contribution in [0.3, 0.4) is 0 Å². The van der Waals surface area contributed by atoms with Crippen molar-refractivity contribution in [1.29, 1.82) is 0 Å². The molecular weight excluding hydrogens is 441 g/mol. The maximum absolute atomic E-state index is 5.94. The smallest absolute Gasteiger partial charge is 0.199 e.